The minimum Gasteiger partial charge on any atom is -0.274 e. The van der Waals surface area contributed by atoms with Crippen molar-refractivity contribution in [2.45, 2.75) is 57.8 Å². The molecule has 11 atom stereocenters. The van der Waals surface area contributed by atoms with Gasteiger partial charge in [-0.05, 0) is 116 Å². The van der Waals surface area contributed by atoms with Gasteiger partial charge in [0.1, 0.15) is 0 Å². The van der Waals surface area contributed by atoms with E-state index >= 15 is 0 Å². The number of rotatable bonds is 2. The summed E-state index contributed by atoms with van der Waals surface area (Å²) in [6, 6.07) is 9.06. The normalized spacial score (nSPS) is 37.7. The van der Waals surface area contributed by atoms with Crippen LogP contribution in [0.2, 0.25) is 0 Å². The van der Waals surface area contributed by atoms with E-state index in [4.69, 9.17) is 0 Å². The molecule has 2 aliphatic heterocycles. The molecule has 11 rings (SSSR count). The molecule has 6 unspecified atom stereocenters. The number of nitrogens with zero attached hydrogens (tertiary/aromatic N) is 2. The minimum atomic E-state index is -4.50. The van der Waals surface area contributed by atoms with Crippen LogP contribution in [0.25, 0.3) is 0 Å². The van der Waals surface area contributed by atoms with E-state index in [1.807, 2.05) is 0 Å². The SMILES string of the molecule is C[C@@H]1CC2CCC1[C@H]1C(=O)N(c3cccc(C(F)(F)F)c3)C(=O)[C@@H]21.O=C1[C@@H]2C3CCC(C4CC43)[C@@H]2C(=O)N1c1cccc(C(F)(F)F)c1. The third-order valence-corrected chi connectivity index (χ3v) is 12.7. The maximum absolute atomic E-state index is 12.9. The van der Waals surface area contributed by atoms with Gasteiger partial charge in [-0.2, -0.15) is 26.3 Å². The number of fused-ring (bicyclic) bond motifs is 3. The van der Waals surface area contributed by atoms with Crippen LogP contribution in [0.3, 0.4) is 0 Å². The first-order chi connectivity index (χ1) is 22.7. The Labute approximate surface area is 272 Å². The fourth-order valence-electron chi connectivity index (χ4n) is 10.7. The molecule has 12 heteroatoms. The summed E-state index contributed by atoms with van der Waals surface area (Å²) in [5.74, 6) is -0.163. The molecule has 2 saturated heterocycles. The van der Waals surface area contributed by atoms with Crippen molar-refractivity contribution in [3.05, 3.63) is 59.7 Å². The summed E-state index contributed by atoms with van der Waals surface area (Å²) in [4.78, 5) is 53.5. The highest BCUT2D eigenvalue weighted by Crippen LogP contribution is 2.68. The molecule has 4 bridgehead atoms. The number of carbonyl (C=O) groups excluding carboxylic acids is 4. The maximum atomic E-state index is 12.9. The summed E-state index contributed by atoms with van der Waals surface area (Å²) in [6.45, 7) is 2.11. The Morgan fingerprint density at radius 1 is 0.542 bits per heavy atom. The van der Waals surface area contributed by atoms with Crippen molar-refractivity contribution in [3.8, 4) is 0 Å². The third-order valence-electron chi connectivity index (χ3n) is 12.7. The number of hydrogen-bond donors (Lipinski definition) is 0. The Morgan fingerprint density at radius 3 is 1.40 bits per heavy atom. The van der Waals surface area contributed by atoms with Crippen LogP contribution >= 0.6 is 0 Å². The number of carbonyl (C=O) groups is 4. The van der Waals surface area contributed by atoms with Crippen LogP contribution in [-0.2, 0) is 31.5 Å². The molecule has 2 heterocycles. The van der Waals surface area contributed by atoms with E-state index in [0.717, 1.165) is 72.6 Å². The topological polar surface area (TPSA) is 74.8 Å². The summed E-state index contributed by atoms with van der Waals surface area (Å²) in [5.41, 5.74) is -1.57. The first kappa shape index (κ1) is 31.6. The minimum absolute atomic E-state index is 0.0429. The van der Waals surface area contributed by atoms with Crippen molar-refractivity contribution < 1.29 is 45.5 Å². The number of imide groups is 2. The van der Waals surface area contributed by atoms with E-state index in [2.05, 4.69) is 6.92 Å². The van der Waals surface area contributed by atoms with Crippen molar-refractivity contribution in [1.29, 1.82) is 0 Å². The number of amides is 4. The van der Waals surface area contributed by atoms with Gasteiger partial charge in [-0.25, -0.2) is 0 Å². The van der Waals surface area contributed by atoms with E-state index in [0.29, 0.717) is 17.8 Å². The second-order valence-electron chi connectivity index (χ2n) is 14.9. The molecule has 2 aromatic rings. The Hall–Kier alpha value is -3.70. The van der Waals surface area contributed by atoms with Gasteiger partial charge in [-0.3, -0.25) is 29.0 Å². The largest absolute Gasteiger partial charge is 0.416 e. The number of halogens is 6. The molecular weight excluding hydrogens is 638 g/mol. The van der Waals surface area contributed by atoms with Crippen molar-refractivity contribution in [3.63, 3.8) is 0 Å². The maximum Gasteiger partial charge on any atom is 0.416 e. The van der Waals surface area contributed by atoms with Gasteiger partial charge in [0.15, 0.2) is 0 Å². The second kappa shape index (κ2) is 10.6. The molecule has 4 amide bonds. The predicted octanol–water partition coefficient (Wildman–Crippen LogP) is 7.36. The quantitative estimate of drug-likeness (QED) is 0.247. The molecule has 9 aliphatic rings. The van der Waals surface area contributed by atoms with E-state index in [-0.39, 0.29) is 82.3 Å². The fourth-order valence-corrected chi connectivity index (χ4v) is 10.7. The highest BCUT2D eigenvalue weighted by Gasteiger charge is 2.68. The Bertz CT molecular complexity index is 1600. The Kier molecular flexibility index (Phi) is 7.00. The van der Waals surface area contributed by atoms with Gasteiger partial charge in [0, 0.05) is 0 Å². The molecule has 0 aromatic heterocycles. The average Bonchev–Trinajstić information content (AvgIpc) is 3.77. The van der Waals surface area contributed by atoms with Gasteiger partial charge < -0.3 is 0 Å². The molecule has 0 N–H and O–H groups in total. The third kappa shape index (κ3) is 4.67. The lowest BCUT2D eigenvalue weighted by atomic mass is 9.56. The molecule has 48 heavy (non-hydrogen) atoms. The van der Waals surface area contributed by atoms with Gasteiger partial charge in [0.25, 0.3) is 0 Å². The van der Waals surface area contributed by atoms with Gasteiger partial charge in [0.05, 0.1) is 46.2 Å². The number of anilines is 2. The molecule has 9 fully saturated rings. The van der Waals surface area contributed by atoms with E-state index in [1.165, 1.54) is 24.3 Å². The Balaban J connectivity index is 0.000000140. The lowest BCUT2D eigenvalue weighted by Crippen LogP contribution is -2.45. The lowest BCUT2D eigenvalue weighted by molar-refractivity contribution is -0.138. The van der Waals surface area contributed by atoms with Crippen molar-refractivity contribution >= 4 is 35.0 Å². The number of hydrogen-bond acceptors (Lipinski definition) is 4. The van der Waals surface area contributed by atoms with Gasteiger partial charge in [-0.1, -0.05) is 19.1 Å². The summed E-state index contributed by atoms with van der Waals surface area (Å²) < 4.78 is 77.7. The lowest BCUT2D eigenvalue weighted by Gasteiger charge is -2.46. The van der Waals surface area contributed by atoms with Crippen LogP contribution in [0.15, 0.2) is 48.5 Å². The van der Waals surface area contributed by atoms with E-state index < -0.39 is 23.5 Å². The zero-order valence-corrected chi connectivity index (χ0v) is 26.0. The number of alkyl halides is 6. The van der Waals surface area contributed by atoms with Crippen LogP contribution in [0, 0.1) is 65.1 Å². The molecule has 2 aromatic carbocycles. The summed E-state index contributed by atoms with van der Waals surface area (Å²) in [5, 5.41) is 0. The van der Waals surface area contributed by atoms with Crippen LogP contribution in [0.5, 0.6) is 0 Å². The summed E-state index contributed by atoms with van der Waals surface area (Å²) >= 11 is 0. The number of benzene rings is 2. The zero-order chi connectivity index (χ0) is 34.0. The smallest absolute Gasteiger partial charge is 0.274 e. The highest BCUT2D eigenvalue weighted by molar-refractivity contribution is 6.23. The molecule has 0 spiro atoms. The fraction of sp³-hybridized carbons (Fsp3) is 0.556. The van der Waals surface area contributed by atoms with Gasteiger partial charge >= 0.3 is 12.4 Å². The first-order valence-electron chi connectivity index (χ1n) is 16.8. The van der Waals surface area contributed by atoms with Crippen LogP contribution in [0.4, 0.5) is 37.7 Å². The van der Waals surface area contributed by atoms with E-state index in [1.54, 1.807) is 0 Å². The summed E-state index contributed by atoms with van der Waals surface area (Å²) in [7, 11) is 0. The van der Waals surface area contributed by atoms with Crippen molar-refractivity contribution in [2.75, 3.05) is 9.80 Å². The summed E-state index contributed by atoms with van der Waals surface area (Å²) in [6.07, 6.45) is -3.12. The van der Waals surface area contributed by atoms with Crippen LogP contribution in [0.1, 0.15) is 56.6 Å². The predicted molar refractivity (Wildman–Crippen MR) is 160 cm³/mol. The van der Waals surface area contributed by atoms with Gasteiger partial charge in [-0.15, -0.1) is 0 Å². The van der Waals surface area contributed by atoms with Gasteiger partial charge in [0.2, 0.25) is 23.6 Å². The van der Waals surface area contributed by atoms with Crippen molar-refractivity contribution in [1.82, 2.24) is 0 Å². The highest BCUT2D eigenvalue weighted by atomic mass is 19.4. The zero-order valence-electron chi connectivity index (χ0n) is 26.0. The second-order valence-corrected chi connectivity index (χ2v) is 14.9. The first-order valence-corrected chi connectivity index (χ1v) is 16.8. The molecule has 254 valence electrons. The van der Waals surface area contributed by atoms with Crippen molar-refractivity contribution in [2.24, 2.45) is 65.1 Å². The molecule has 6 nitrogen and oxygen atoms in total. The van der Waals surface area contributed by atoms with Crippen LogP contribution < -0.4 is 9.80 Å². The average molecular weight is 673 g/mol. The Morgan fingerprint density at radius 2 is 0.958 bits per heavy atom. The standard InChI is InChI=1S/C18H16F3NO2.C18H18F3NO2/c19-18(20,21)8-2-1-3-9(6-8)22-16(23)14-10-4-5-11(13-7-12(10)13)15(14)17(22)24;1-9-7-10-5-6-13(9)15-14(10)16(23)22(17(15)24)12-4-2-3-11(8-12)18(19,20)21/h1-3,6,10-15H,4-5,7H2;2-4,8-10,13-15H,5-7H2,1H3/t10?,11?,12?,13?,14-,15+;9-,10?,13?,14+,15-/m.1/s1. The molecular formula is C36H34F6N2O4. The van der Waals surface area contributed by atoms with Crippen LogP contribution in [-0.4, -0.2) is 23.6 Å². The molecule has 7 aliphatic carbocycles. The molecule has 7 saturated carbocycles. The molecule has 0 radical (unpaired) electrons. The van der Waals surface area contributed by atoms with E-state index in [9.17, 15) is 45.5 Å². The monoisotopic (exact) mass is 672 g/mol.